The van der Waals surface area contributed by atoms with Crippen LogP contribution >= 0.6 is 0 Å². The van der Waals surface area contributed by atoms with Crippen LogP contribution in [0.1, 0.15) is 60.8 Å². The number of aryl methyl sites for hydroxylation is 1. The van der Waals surface area contributed by atoms with E-state index < -0.39 is 23.4 Å². The van der Waals surface area contributed by atoms with Crippen LogP contribution in [0.3, 0.4) is 0 Å². The van der Waals surface area contributed by atoms with Gasteiger partial charge in [0.05, 0.1) is 11.1 Å². The summed E-state index contributed by atoms with van der Waals surface area (Å²) >= 11 is 0. The van der Waals surface area contributed by atoms with Crippen molar-refractivity contribution in [2.45, 2.75) is 57.3 Å². The second-order valence-corrected chi connectivity index (χ2v) is 8.59. The Labute approximate surface area is 177 Å². The second-order valence-electron chi connectivity index (χ2n) is 8.59. The summed E-state index contributed by atoms with van der Waals surface area (Å²) < 4.78 is 40.5. The number of rotatable bonds is 6. The average molecular weight is 432 g/mol. The molecule has 2 aromatic heterocycles. The van der Waals surface area contributed by atoms with E-state index >= 15 is 0 Å². The Morgan fingerprint density at radius 2 is 2.00 bits per heavy atom. The van der Waals surface area contributed by atoms with Crippen LogP contribution < -0.4 is 5.32 Å². The van der Waals surface area contributed by atoms with Gasteiger partial charge in [-0.15, -0.1) is 0 Å². The van der Waals surface area contributed by atoms with E-state index in [9.17, 15) is 23.1 Å². The van der Waals surface area contributed by atoms with Crippen molar-refractivity contribution in [3.8, 4) is 0 Å². The standard InChI is InChI=1S/C22H23F3N4O2/c1-21(2,31)8-9-29-12-14-10-15(11-16(13-6-7-13)19(14)28-29)26-20(30)17-4-3-5-18(27-17)22(23,24)25/h3-5,10-13,31H,6-9H2,1-2H3,(H,26,30). The molecule has 3 aromatic rings. The van der Waals surface area contributed by atoms with Gasteiger partial charge in [-0.3, -0.25) is 9.48 Å². The Morgan fingerprint density at radius 3 is 2.65 bits per heavy atom. The van der Waals surface area contributed by atoms with E-state index in [-0.39, 0.29) is 5.69 Å². The minimum Gasteiger partial charge on any atom is -0.390 e. The molecular weight excluding hydrogens is 409 g/mol. The Balaban J connectivity index is 1.61. The van der Waals surface area contributed by atoms with Gasteiger partial charge in [-0.25, -0.2) is 4.98 Å². The van der Waals surface area contributed by atoms with Crippen LogP contribution in [0.2, 0.25) is 0 Å². The lowest BCUT2D eigenvalue weighted by Gasteiger charge is -2.16. The largest absolute Gasteiger partial charge is 0.433 e. The number of anilines is 1. The van der Waals surface area contributed by atoms with Gasteiger partial charge in [0, 0.05) is 23.8 Å². The molecule has 4 rings (SSSR count). The molecule has 1 amide bonds. The number of fused-ring (bicyclic) bond motifs is 1. The topological polar surface area (TPSA) is 80.0 Å². The van der Waals surface area contributed by atoms with Crippen LogP contribution in [0, 0.1) is 0 Å². The first-order chi connectivity index (χ1) is 14.5. The molecule has 31 heavy (non-hydrogen) atoms. The number of alkyl halides is 3. The van der Waals surface area contributed by atoms with Crippen LogP contribution in [-0.2, 0) is 12.7 Å². The fraction of sp³-hybridized carbons (Fsp3) is 0.409. The van der Waals surface area contributed by atoms with Gasteiger partial charge in [-0.1, -0.05) is 6.07 Å². The molecule has 1 aliphatic carbocycles. The molecular formula is C22H23F3N4O2. The predicted octanol–water partition coefficient (Wildman–Crippen LogP) is 4.74. The fourth-order valence-electron chi connectivity index (χ4n) is 3.41. The molecule has 1 saturated carbocycles. The van der Waals surface area contributed by atoms with Crippen LogP contribution in [-0.4, -0.2) is 31.4 Å². The summed E-state index contributed by atoms with van der Waals surface area (Å²) in [5.41, 5.74) is 0.112. The van der Waals surface area contributed by atoms with Gasteiger partial charge in [0.1, 0.15) is 11.4 Å². The third-order valence-corrected chi connectivity index (χ3v) is 5.19. The molecule has 2 N–H and O–H groups in total. The molecule has 1 aliphatic rings. The number of aromatic nitrogens is 3. The number of pyridine rings is 1. The first-order valence-corrected chi connectivity index (χ1v) is 10.1. The second kappa shape index (κ2) is 7.64. The lowest BCUT2D eigenvalue weighted by atomic mass is 10.1. The number of hydrogen-bond acceptors (Lipinski definition) is 4. The molecule has 1 aromatic carbocycles. The zero-order chi connectivity index (χ0) is 22.4. The van der Waals surface area contributed by atoms with Crippen molar-refractivity contribution in [3.05, 3.63) is 53.5 Å². The lowest BCUT2D eigenvalue weighted by Crippen LogP contribution is -2.21. The average Bonchev–Trinajstić information content (AvgIpc) is 3.44. The van der Waals surface area contributed by atoms with E-state index in [1.165, 1.54) is 6.07 Å². The maximum absolute atomic E-state index is 12.9. The smallest absolute Gasteiger partial charge is 0.390 e. The third-order valence-electron chi connectivity index (χ3n) is 5.19. The van der Waals surface area contributed by atoms with Crippen molar-refractivity contribution in [3.63, 3.8) is 0 Å². The first kappa shape index (κ1) is 21.3. The third kappa shape index (κ3) is 5.04. The molecule has 0 atom stereocenters. The maximum atomic E-state index is 12.9. The van der Waals surface area contributed by atoms with Crippen LogP contribution in [0.15, 0.2) is 36.5 Å². The van der Waals surface area contributed by atoms with Crippen LogP contribution in [0.4, 0.5) is 18.9 Å². The summed E-state index contributed by atoms with van der Waals surface area (Å²) in [6, 6.07) is 6.82. The van der Waals surface area contributed by atoms with Gasteiger partial charge >= 0.3 is 6.18 Å². The van der Waals surface area contributed by atoms with E-state index in [4.69, 9.17) is 0 Å². The Bertz CT molecular complexity index is 1130. The van der Waals surface area contributed by atoms with Gasteiger partial charge in [0.25, 0.3) is 5.91 Å². The van der Waals surface area contributed by atoms with Crippen molar-refractivity contribution in [2.75, 3.05) is 5.32 Å². The quantitative estimate of drug-likeness (QED) is 0.590. The molecule has 1 fully saturated rings. The molecule has 9 heteroatoms. The van der Waals surface area contributed by atoms with Gasteiger partial charge in [0.2, 0.25) is 0 Å². The monoisotopic (exact) mass is 432 g/mol. The number of aliphatic hydroxyl groups is 1. The van der Waals surface area contributed by atoms with E-state index in [0.29, 0.717) is 24.6 Å². The van der Waals surface area contributed by atoms with E-state index in [2.05, 4.69) is 15.4 Å². The van der Waals surface area contributed by atoms with Crippen LogP contribution in [0.25, 0.3) is 10.9 Å². The molecule has 2 heterocycles. The number of carbonyl (C=O) groups excluding carboxylic acids is 1. The minimum absolute atomic E-state index is 0.302. The number of halogens is 3. The van der Waals surface area contributed by atoms with Gasteiger partial charge in [-0.05, 0) is 68.9 Å². The highest BCUT2D eigenvalue weighted by Crippen LogP contribution is 2.44. The molecule has 0 bridgehead atoms. The number of nitrogens with one attached hydrogen (secondary N) is 1. The predicted molar refractivity (Wildman–Crippen MR) is 110 cm³/mol. The molecule has 0 spiro atoms. The Hall–Kier alpha value is -2.94. The molecule has 0 aliphatic heterocycles. The molecule has 0 radical (unpaired) electrons. The first-order valence-electron chi connectivity index (χ1n) is 10.1. The van der Waals surface area contributed by atoms with Crippen molar-refractivity contribution < 1.29 is 23.1 Å². The summed E-state index contributed by atoms with van der Waals surface area (Å²) in [6.45, 7) is 4.01. The number of carbonyl (C=O) groups is 1. The zero-order valence-electron chi connectivity index (χ0n) is 17.2. The zero-order valence-corrected chi connectivity index (χ0v) is 17.2. The molecule has 164 valence electrons. The summed E-state index contributed by atoms with van der Waals surface area (Å²) in [4.78, 5) is 16.0. The Kier molecular flexibility index (Phi) is 5.25. The number of hydrogen-bond donors (Lipinski definition) is 2. The van der Waals surface area contributed by atoms with E-state index in [1.807, 2.05) is 12.3 Å². The summed E-state index contributed by atoms with van der Waals surface area (Å²) in [5.74, 6) is -0.356. The lowest BCUT2D eigenvalue weighted by molar-refractivity contribution is -0.141. The molecule has 6 nitrogen and oxygen atoms in total. The van der Waals surface area contributed by atoms with Crippen molar-refractivity contribution in [1.29, 1.82) is 0 Å². The summed E-state index contributed by atoms with van der Waals surface area (Å²) in [5, 5.41) is 18.1. The number of benzene rings is 1. The van der Waals surface area contributed by atoms with Gasteiger partial charge in [-0.2, -0.15) is 18.3 Å². The maximum Gasteiger partial charge on any atom is 0.433 e. The SMILES string of the molecule is CC(C)(O)CCn1cc2cc(NC(=O)c3cccc(C(F)(F)F)n3)cc(C3CC3)c2n1. The van der Waals surface area contributed by atoms with Gasteiger partial charge < -0.3 is 10.4 Å². The highest BCUT2D eigenvalue weighted by Gasteiger charge is 2.33. The van der Waals surface area contributed by atoms with E-state index in [1.54, 1.807) is 24.6 Å². The van der Waals surface area contributed by atoms with Crippen molar-refractivity contribution >= 4 is 22.5 Å². The minimum atomic E-state index is -4.62. The summed E-state index contributed by atoms with van der Waals surface area (Å²) in [6.07, 6.45) is -0.182. The molecule has 0 saturated heterocycles. The Morgan fingerprint density at radius 1 is 1.26 bits per heavy atom. The normalized spacial score (nSPS) is 14.8. The molecule has 0 unspecified atom stereocenters. The van der Waals surface area contributed by atoms with E-state index in [0.717, 1.165) is 41.4 Å². The highest BCUT2D eigenvalue weighted by molar-refractivity contribution is 6.04. The number of nitrogens with zero attached hydrogens (tertiary/aromatic N) is 3. The fourth-order valence-corrected chi connectivity index (χ4v) is 3.41. The summed E-state index contributed by atoms with van der Waals surface area (Å²) in [7, 11) is 0. The highest BCUT2D eigenvalue weighted by atomic mass is 19.4. The van der Waals surface area contributed by atoms with Crippen LogP contribution in [0.5, 0.6) is 0 Å². The van der Waals surface area contributed by atoms with Gasteiger partial charge in [0.15, 0.2) is 0 Å². The van der Waals surface area contributed by atoms with Crippen molar-refractivity contribution in [2.24, 2.45) is 0 Å². The van der Waals surface area contributed by atoms with Crippen molar-refractivity contribution in [1.82, 2.24) is 14.8 Å². The number of amides is 1.